The Morgan fingerprint density at radius 2 is 1.12 bits per heavy atom. The maximum atomic E-state index is 14.9. The third kappa shape index (κ3) is 14.1. The molecule has 0 bridgehead atoms. The number of anilines is 2. The topological polar surface area (TPSA) is 323 Å². The molecule has 0 saturated carbocycles. The first-order valence-electron chi connectivity index (χ1n) is 26.3. The highest BCUT2D eigenvalue weighted by molar-refractivity contribution is 7.48. The molecule has 1 aromatic carbocycles. The van der Waals surface area contributed by atoms with Crippen LogP contribution in [0.5, 0.6) is 0 Å². The van der Waals surface area contributed by atoms with E-state index in [2.05, 4.69) is 27.1 Å². The molecule has 0 spiro atoms. The Hall–Kier alpha value is -5.24. The summed E-state index contributed by atoms with van der Waals surface area (Å²) in [5, 5.41) is 74.8. The van der Waals surface area contributed by atoms with Crippen LogP contribution in [0.25, 0.3) is 11.0 Å². The zero-order valence-electron chi connectivity index (χ0n) is 43.0. The van der Waals surface area contributed by atoms with Crippen molar-refractivity contribution in [3.63, 3.8) is 0 Å². The van der Waals surface area contributed by atoms with Gasteiger partial charge < -0.3 is 50.8 Å². The molecule has 24 heteroatoms. The van der Waals surface area contributed by atoms with E-state index in [1.165, 1.54) is 122 Å². The van der Waals surface area contributed by atoms with E-state index in [-0.39, 0.29) is 47.3 Å². The molecule has 414 valence electrons. The maximum absolute atomic E-state index is 14.9. The van der Waals surface area contributed by atoms with E-state index in [1.54, 1.807) is 12.1 Å². The van der Waals surface area contributed by atoms with E-state index in [1.807, 2.05) is 12.1 Å². The van der Waals surface area contributed by atoms with Crippen LogP contribution in [-0.4, -0.2) is 125 Å². The maximum Gasteiger partial charge on any atom is 0.475 e. The van der Waals surface area contributed by atoms with Gasteiger partial charge in [-0.15, -0.1) is 0 Å². The summed E-state index contributed by atoms with van der Waals surface area (Å²) in [6, 6.07) is 15.4. The Kier molecular flexibility index (Phi) is 21.4. The minimum Gasteiger partial charge on any atom is -0.387 e. The predicted molar refractivity (Wildman–Crippen MR) is 274 cm³/mol. The second-order valence-corrected chi connectivity index (χ2v) is 21.1. The predicted octanol–water partition coefficient (Wildman–Crippen LogP) is 6.48. The first-order chi connectivity index (χ1) is 36.8. The number of nitrogen functional groups attached to an aromatic ring is 2. The number of nitrogens with zero attached hydrogens (tertiary/aromatic N) is 8. The Bertz CT molecular complexity index is 2610. The van der Waals surface area contributed by atoms with Crippen LogP contribution in [0.2, 0.25) is 0 Å². The van der Waals surface area contributed by atoms with Crippen LogP contribution < -0.4 is 11.5 Å². The van der Waals surface area contributed by atoms with Crippen LogP contribution in [0.4, 0.5) is 16.0 Å². The quantitative estimate of drug-likeness (QED) is 0.0193. The Morgan fingerprint density at radius 1 is 0.671 bits per heavy atom. The Balaban J connectivity index is 0.999. The molecule has 76 heavy (non-hydrogen) atoms. The number of benzene rings is 1. The molecule has 7 rings (SSSR count). The van der Waals surface area contributed by atoms with Crippen LogP contribution in [0.3, 0.4) is 0 Å². The molecule has 9 atom stereocenters. The van der Waals surface area contributed by atoms with Crippen molar-refractivity contribution in [1.29, 1.82) is 10.5 Å². The lowest BCUT2D eigenvalue weighted by atomic mass is 9.92. The lowest BCUT2D eigenvalue weighted by Gasteiger charge is -2.26. The van der Waals surface area contributed by atoms with Crippen molar-refractivity contribution < 1.29 is 61.9 Å². The van der Waals surface area contributed by atoms with Crippen molar-refractivity contribution in [1.82, 2.24) is 29.2 Å². The van der Waals surface area contributed by atoms with Crippen LogP contribution in [-0.2, 0) is 54.9 Å². The van der Waals surface area contributed by atoms with Gasteiger partial charge in [-0.3, -0.25) is 13.6 Å². The zero-order chi connectivity index (χ0) is 54.1. The third-order valence-electron chi connectivity index (χ3n) is 14.0. The van der Waals surface area contributed by atoms with Crippen molar-refractivity contribution in [2.75, 3.05) is 44.5 Å². The van der Waals surface area contributed by atoms with Gasteiger partial charge in [0, 0.05) is 6.61 Å². The van der Waals surface area contributed by atoms with Gasteiger partial charge in [-0.05, 0) is 48.4 Å². The minimum atomic E-state index is -4.94. The summed E-state index contributed by atoms with van der Waals surface area (Å²) in [7, 11) is -4.94. The van der Waals surface area contributed by atoms with E-state index in [0.29, 0.717) is 12.2 Å². The highest BCUT2D eigenvalue weighted by atomic mass is 31.2. The summed E-state index contributed by atoms with van der Waals surface area (Å²) in [6.07, 6.45) is 10.4. The first kappa shape index (κ1) is 58.4. The number of nitriles is 2. The molecule has 2 aliphatic rings. The van der Waals surface area contributed by atoms with Gasteiger partial charge in [-0.25, -0.2) is 28.0 Å². The van der Waals surface area contributed by atoms with E-state index in [0.717, 1.165) is 38.3 Å². The number of rotatable bonds is 33. The van der Waals surface area contributed by atoms with Gasteiger partial charge in [0.2, 0.25) is 11.2 Å². The van der Waals surface area contributed by atoms with Crippen molar-refractivity contribution in [2.45, 2.75) is 170 Å². The van der Waals surface area contributed by atoms with Crippen LogP contribution in [0.15, 0.2) is 61.2 Å². The van der Waals surface area contributed by atoms with Crippen molar-refractivity contribution in [2.24, 2.45) is 0 Å². The lowest BCUT2D eigenvalue weighted by molar-refractivity contribution is -0.0802. The standard InChI is InChI=1S/C52H72FN10O12P/c1-2-3-4-5-6-7-8-9-10-11-12-13-14-15-16-17-26-69-28-38(70-27-36-18-20-37(53)21-19-36)29-71-76(68,72-30-41-45(64)47(66)51(32-54,74-41)43-24-22-39-49(56)58-34-60-62(39)43)73-31-42-46(65)48(67)52(33-55,75-42)44-25-23-40-50(57)59-35-61-63(40)44/h18-25,34-35,38,41-42,45-48,64-67H,2-17,26-31H2,1H3,(H2,56,58,60)(H2,57,59,61)/t38-,41-,42-,45-,46-,47-,48-,51+,52+/m1/s1. The molecular weight excluding hydrogens is 1010 g/mol. The monoisotopic (exact) mass is 1080 g/mol. The molecule has 0 amide bonds. The van der Waals surface area contributed by atoms with Crippen molar-refractivity contribution in [3.8, 4) is 12.1 Å². The molecule has 8 N–H and O–H groups in total. The number of halogens is 1. The molecule has 0 radical (unpaired) electrons. The molecule has 2 fully saturated rings. The minimum absolute atomic E-state index is 0.00128. The van der Waals surface area contributed by atoms with E-state index in [4.69, 9.17) is 44.0 Å². The van der Waals surface area contributed by atoms with Gasteiger partial charge in [-0.2, -0.15) is 20.7 Å². The zero-order valence-corrected chi connectivity index (χ0v) is 43.9. The molecule has 5 aromatic rings. The van der Waals surface area contributed by atoms with Crippen LogP contribution in [0.1, 0.15) is 127 Å². The molecule has 2 aliphatic heterocycles. The number of fused-ring (bicyclic) bond motifs is 2. The summed E-state index contributed by atoms with van der Waals surface area (Å²) >= 11 is 0. The van der Waals surface area contributed by atoms with Gasteiger partial charge >= 0.3 is 7.82 Å². The molecule has 4 aromatic heterocycles. The average Bonchev–Trinajstić information content (AvgIpc) is 4.22. The molecule has 0 aliphatic carbocycles. The lowest BCUT2D eigenvalue weighted by Crippen LogP contribution is -2.41. The molecule has 0 unspecified atom stereocenters. The van der Waals surface area contributed by atoms with Gasteiger partial charge in [0.15, 0.2) is 11.6 Å². The van der Waals surface area contributed by atoms with E-state index in [9.17, 15) is 39.9 Å². The summed E-state index contributed by atoms with van der Waals surface area (Å²) in [4.78, 5) is 7.90. The fraction of sp³-hybridized carbons (Fsp3) is 0.615. The summed E-state index contributed by atoms with van der Waals surface area (Å²) in [5.41, 5.74) is 8.74. The summed E-state index contributed by atoms with van der Waals surface area (Å²) in [5.74, 6) is -0.298. The number of phosphoric acid groups is 1. The van der Waals surface area contributed by atoms with E-state index >= 15 is 0 Å². The number of ether oxygens (including phenoxy) is 4. The number of hydrogen-bond donors (Lipinski definition) is 6. The molecule has 6 heterocycles. The number of hydrogen-bond acceptors (Lipinski definition) is 20. The molecule has 2 saturated heterocycles. The Morgan fingerprint density at radius 3 is 1.57 bits per heavy atom. The third-order valence-corrected chi connectivity index (χ3v) is 15.4. The van der Waals surface area contributed by atoms with Crippen LogP contribution >= 0.6 is 7.82 Å². The fourth-order valence-electron chi connectivity index (χ4n) is 9.62. The summed E-state index contributed by atoms with van der Waals surface area (Å²) < 4.78 is 73.0. The first-order valence-corrected chi connectivity index (χ1v) is 27.8. The molecule has 22 nitrogen and oxygen atoms in total. The highest BCUT2D eigenvalue weighted by Gasteiger charge is 2.59. The second kappa shape index (κ2) is 27.9. The van der Waals surface area contributed by atoms with Gasteiger partial charge in [0.05, 0.1) is 44.4 Å². The average molecular weight is 1080 g/mol. The van der Waals surface area contributed by atoms with Gasteiger partial charge in [0.1, 0.15) is 84.4 Å². The number of phosphoric ester groups is 1. The smallest absolute Gasteiger partial charge is 0.387 e. The van der Waals surface area contributed by atoms with Crippen molar-refractivity contribution in [3.05, 3.63) is 84.0 Å². The van der Waals surface area contributed by atoms with Gasteiger partial charge in [-0.1, -0.05) is 115 Å². The number of aliphatic hydroxyl groups excluding tert-OH is 4. The fourth-order valence-corrected chi connectivity index (χ4v) is 10.9. The normalized spacial score (nSPS) is 24.1. The number of unbranched alkanes of at least 4 members (excludes halogenated alkanes) is 15. The molecular formula is C52H72FN10O12P. The van der Waals surface area contributed by atoms with Crippen LogP contribution in [0, 0.1) is 28.5 Å². The summed E-state index contributed by atoms with van der Waals surface area (Å²) in [6.45, 7) is 0.452. The Labute approximate surface area is 441 Å². The number of nitrogens with two attached hydrogens (primary N) is 2. The van der Waals surface area contributed by atoms with Crippen molar-refractivity contribution >= 4 is 30.5 Å². The van der Waals surface area contributed by atoms with Gasteiger partial charge in [0.25, 0.3) is 0 Å². The second-order valence-electron chi connectivity index (χ2n) is 19.5. The highest BCUT2D eigenvalue weighted by Crippen LogP contribution is 2.52. The SMILES string of the molecule is CCCCCCCCCCCCCCCCCCOC[C@H](COP(=O)(OC[C@H]1O[C@@](C#N)(c2ccc3c(N)ncnn23)[C@H](O)[C@@H]1O)OC[C@H]1O[C@@](C#N)(c2ccc3c(N)ncnn23)[C@H](O)[C@@H]1O)OCc1ccc(F)cc1. The number of aliphatic hydroxyl groups is 4. The number of aromatic nitrogens is 6. The largest absolute Gasteiger partial charge is 0.475 e. The van der Waals surface area contributed by atoms with E-state index < -0.39 is 87.4 Å².